The Kier molecular flexibility index (Phi) is 5.50. The number of hydrogen-bond acceptors (Lipinski definition) is 6. The van der Waals surface area contributed by atoms with Crippen molar-refractivity contribution in [3.8, 4) is 5.75 Å². The van der Waals surface area contributed by atoms with Crippen LogP contribution in [0, 0.1) is 5.82 Å². The summed E-state index contributed by atoms with van der Waals surface area (Å²) in [5, 5.41) is 6.55. The molecule has 8 heteroatoms. The summed E-state index contributed by atoms with van der Waals surface area (Å²) in [5.74, 6) is -0.757. The van der Waals surface area contributed by atoms with Gasteiger partial charge in [-0.15, -0.1) is 3.89 Å². The van der Waals surface area contributed by atoms with Crippen LogP contribution >= 0.6 is 12.4 Å². The molecule has 0 amide bonds. The van der Waals surface area contributed by atoms with Crippen molar-refractivity contribution < 1.29 is 17.2 Å². The van der Waals surface area contributed by atoms with E-state index in [9.17, 15) is 8.28 Å². The molecule has 0 unspecified atom stereocenters. The Morgan fingerprint density at radius 1 is 1.32 bits per heavy atom. The minimum atomic E-state index is -0.621. The van der Waals surface area contributed by atoms with E-state index in [1.165, 1.54) is 12.1 Å². The average molecular weight is 367 g/mol. The van der Waals surface area contributed by atoms with Gasteiger partial charge in [0.15, 0.2) is 11.6 Å². The zero-order valence-corrected chi connectivity index (χ0v) is 14.8. The summed E-state index contributed by atoms with van der Waals surface area (Å²) < 4.78 is 35.8. The van der Waals surface area contributed by atoms with Gasteiger partial charge in [-0.25, -0.2) is 4.39 Å². The Balaban J connectivity index is 1.83. The highest BCUT2D eigenvalue weighted by Gasteiger charge is 2.21. The van der Waals surface area contributed by atoms with E-state index in [-0.39, 0.29) is 18.2 Å². The SMILES string of the molecule is COCc1ccc2c(c1CNc1ccc(OSF)c(F)c1)N(C)CN2. The Labute approximate surface area is 149 Å². The topological polar surface area (TPSA) is 45.8 Å². The molecular weight excluding hydrogens is 348 g/mol. The summed E-state index contributed by atoms with van der Waals surface area (Å²) in [6.45, 7) is 1.73. The fraction of sp³-hybridized carbons (Fsp3) is 0.294. The Morgan fingerprint density at radius 2 is 2.16 bits per heavy atom. The van der Waals surface area contributed by atoms with E-state index < -0.39 is 5.82 Å². The largest absolute Gasteiger partial charge is 0.394 e. The van der Waals surface area contributed by atoms with Crippen molar-refractivity contribution >= 4 is 29.5 Å². The van der Waals surface area contributed by atoms with Gasteiger partial charge in [0.2, 0.25) is 0 Å². The second-order valence-corrected chi connectivity index (χ2v) is 6.00. The van der Waals surface area contributed by atoms with E-state index in [1.54, 1.807) is 13.2 Å². The summed E-state index contributed by atoms with van der Waals surface area (Å²) in [5.41, 5.74) is 4.92. The van der Waals surface area contributed by atoms with Crippen LogP contribution in [0.3, 0.4) is 0 Å². The van der Waals surface area contributed by atoms with E-state index in [1.807, 2.05) is 19.2 Å². The van der Waals surface area contributed by atoms with Gasteiger partial charge in [-0.3, -0.25) is 0 Å². The zero-order valence-electron chi connectivity index (χ0n) is 13.9. The number of nitrogens with zero attached hydrogens (tertiary/aromatic N) is 1. The van der Waals surface area contributed by atoms with Crippen molar-refractivity contribution in [2.45, 2.75) is 13.2 Å². The van der Waals surface area contributed by atoms with Gasteiger partial charge >= 0.3 is 0 Å². The van der Waals surface area contributed by atoms with Crippen molar-refractivity contribution in [2.75, 3.05) is 36.4 Å². The van der Waals surface area contributed by atoms with Crippen LogP contribution in [0.2, 0.25) is 0 Å². The van der Waals surface area contributed by atoms with Crippen molar-refractivity contribution in [1.29, 1.82) is 0 Å². The third-order valence-corrected chi connectivity index (χ3v) is 4.33. The highest BCUT2D eigenvalue weighted by atomic mass is 32.2. The van der Waals surface area contributed by atoms with E-state index in [0.717, 1.165) is 29.2 Å². The minimum absolute atomic E-state index is 0.136. The van der Waals surface area contributed by atoms with Gasteiger partial charge in [0.25, 0.3) is 12.4 Å². The van der Waals surface area contributed by atoms with Crippen LogP contribution in [-0.4, -0.2) is 20.8 Å². The standard InChI is InChI=1S/C17H19F2N3O2S/c1-22-10-21-15-5-3-11(9-23-2)13(17(15)22)8-20-12-4-6-16(24-25-19)14(18)7-12/h3-7,20-21H,8-10H2,1-2H3. The molecule has 2 N–H and O–H groups in total. The van der Waals surface area contributed by atoms with Crippen LogP contribution in [0.4, 0.5) is 25.3 Å². The molecule has 0 aromatic heterocycles. The predicted octanol–water partition coefficient (Wildman–Crippen LogP) is 4.31. The predicted molar refractivity (Wildman–Crippen MR) is 97.1 cm³/mol. The Hall–Kier alpha value is -2.19. The molecule has 0 fully saturated rings. The number of halogens is 2. The molecule has 0 radical (unpaired) electrons. The molecule has 0 saturated carbocycles. The third kappa shape index (κ3) is 3.74. The molecule has 0 atom stereocenters. The van der Waals surface area contributed by atoms with E-state index in [4.69, 9.17) is 4.74 Å². The zero-order chi connectivity index (χ0) is 17.8. The van der Waals surface area contributed by atoms with E-state index >= 15 is 0 Å². The Morgan fingerprint density at radius 3 is 2.88 bits per heavy atom. The van der Waals surface area contributed by atoms with Crippen LogP contribution in [0.1, 0.15) is 11.1 Å². The molecule has 0 bridgehead atoms. The molecule has 1 heterocycles. The maximum Gasteiger partial charge on any atom is 0.272 e. The van der Waals surface area contributed by atoms with Crippen molar-refractivity contribution in [3.05, 3.63) is 47.3 Å². The number of fused-ring (bicyclic) bond motifs is 1. The molecule has 3 rings (SSSR count). The van der Waals surface area contributed by atoms with E-state index in [0.29, 0.717) is 18.8 Å². The van der Waals surface area contributed by atoms with Gasteiger partial charge in [-0.05, 0) is 23.8 Å². The number of benzene rings is 2. The second kappa shape index (κ2) is 7.79. The molecular formula is C17H19F2N3O2S. The first-order valence-corrected chi connectivity index (χ1v) is 8.35. The van der Waals surface area contributed by atoms with Crippen molar-refractivity contribution in [1.82, 2.24) is 0 Å². The summed E-state index contributed by atoms with van der Waals surface area (Å²) in [7, 11) is 3.67. The highest BCUT2D eigenvalue weighted by Crippen LogP contribution is 2.37. The number of ether oxygens (including phenoxy) is 1. The van der Waals surface area contributed by atoms with Crippen molar-refractivity contribution in [2.24, 2.45) is 0 Å². The molecule has 2 aromatic carbocycles. The van der Waals surface area contributed by atoms with Crippen LogP contribution in [0.25, 0.3) is 0 Å². The maximum atomic E-state index is 13.9. The van der Waals surface area contributed by atoms with Gasteiger partial charge < -0.3 is 24.5 Å². The molecule has 1 aliphatic rings. The minimum Gasteiger partial charge on any atom is -0.394 e. The summed E-state index contributed by atoms with van der Waals surface area (Å²) in [6.07, 6.45) is 0. The first-order valence-electron chi connectivity index (χ1n) is 7.71. The number of rotatable bonds is 7. The summed E-state index contributed by atoms with van der Waals surface area (Å²) in [6, 6.07) is 8.39. The molecule has 25 heavy (non-hydrogen) atoms. The van der Waals surface area contributed by atoms with Crippen LogP contribution < -0.4 is 19.7 Å². The first kappa shape index (κ1) is 17.6. The average Bonchev–Trinajstić information content (AvgIpc) is 2.98. The number of methoxy groups -OCH3 is 1. The smallest absolute Gasteiger partial charge is 0.272 e. The monoisotopic (exact) mass is 367 g/mol. The third-order valence-electron chi connectivity index (χ3n) is 4.09. The molecule has 0 saturated heterocycles. The second-order valence-electron chi connectivity index (χ2n) is 5.71. The molecule has 5 nitrogen and oxygen atoms in total. The fourth-order valence-electron chi connectivity index (χ4n) is 2.93. The number of nitrogens with one attached hydrogen (secondary N) is 2. The van der Waals surface area contributed by atoms with Gasteiger partial charge in [0.1, 0.15) is 0 Å². The van der Waals surface area contributed by atoms with Gasteiger partial charge in [-0.1, -0.05) is 6.07 Å². The van der Waals surface area contributed by atoms with Gasteiger partial charge in [0, 0.05) is 38.0 Å². The lowest BCUT2D eigenvalue weighted by Crippen LogP contribution is -2.18. The molecule has 1 aliphatic heterocycles. The molecule has 0 spiro atoms. The summed E-state index contributed by atoms with van der Waals surface area (Å²) in [4.78, 5) is 2.13. The number of anilines is 3. The van der Waals surface area contributed by atoms with Crippen LogP contribution in [-0.2, 0) is 17.9 Å². The normalized spacial score (nSPS) is 12.7. The lowest BCUT2D eigenvalue weighted by molar-refractivity contribution is 0.184. The van der Waals surface area contributed by atoms with Crippen LogP contribution in [0.5, 0.6) is 5.75 Å². The molecule has 2 aromatic rings. The lowest BCUT2D eigenvalue weighted by Gasteiger charge is -2.19. The van der Waals surface area contributed by atoms with Gasteiger partial charge in [0.05, 0.1) is 24.7 Å². The van der Waals surface area contributed by atoms with Gasteiger partial charge in [-0.2, -0.15) is 0 Å². The Bertz CT molecular complexity index is 761. The first-order chi connectivity index (χ1) is 12.1. The van der Waals surface area contributed by atoms with Crippen molar-refractivity contribution in [3.63, 3.8) is 0 Å². The summed E-state index contributed by atoms with van der Waals surface area (Å²) >= 11 is -0.381. The quantitative estimate of drug-likeness (QED) is 0.711. The fourth-order valence-corrected chi connectivity index (χ4v) is 3.13. The molecule has 134 valence electrons. The van der Waals surface area contributed by atoms with E-state index in [2.05, 4.69) is 19.7 Å². The van der Waals surface area contributed by atoms with Crippen LogP contribution in [0.15, 0.2) is 30.3 Å². The maximum absolute atomic E-state index is 13.9. The highest BCUT2D eigenvalue weighted by molar-refractivity contribution is 7.89. The lowest BCUT2D eigenvalue weighted by atomic mass is 10.0. The molecule has 0 aliphatic carbocycles. The number of hydrogen-bond donors (Lipinski definition) is 2.